The first-order valence-corrected chi connectivity index (χ1v) is 10.4. The van der Waals surface area contributed by atoms with Crippen molar-refractivity contribution in [3.63, 3.8) is 0 Å². The van der Waals surface area contributed by atoms with E-state index in [1.165, 1.54) is 22.2 Å². The highest BCUT2D eigenvalue weighted by Crippen LogP contribution is 2.32. The van der Waals surface area contributed by atoms with E-state index >= 15 is 0 Å². The standard InChI is InChI=1S/C17H14BrN5OS2/c1-9-10(2)26-16-14(9)15-21-22-17(23(15)8-19-16)25-7-13(24)20-12-5-3-11(18)4-6-12/h3-6,8H,7H2,1-2H3,(H,20,24). The third-order valence-electron chi connectivity index (χ3n) is 4.01. The van der Waals surface area contributed by atoms with Crippen LogP contribution in [-0.4, -0.2) is 31.2 Å². The van der Waals surface area contributed by atoms with Gasteiger partial charge in [-0.3, -0.25) is 9.20 Å². The highest BCUT2D eigenvalue weighted by molar-refractivity contribution is 9.10. The second-order valence-corrected chi connectivity index (χ2v) is 8.79. The van der Waals surface area contributed by atoms with E-state index in [9.17, 15) is 4.79 Å². The third kappa shape index (κ3) is 3.22. The summed E-state index contributed by atoms with van der Waals surface area (Å²) in [5.74, 6) is 0.155. The van der Waals surface area contributed by atoms with Crippen LogP contribution in [0.2, 0.25) is 0 Å². The molecule has 3 heterocycles. The summed E-state index contributed by atoms with van der Waals surface area (Å²) in [4.78, 5) is 18.9. The number of benzene rings is 1. The summed E-state index contributed by atoms with van der Waals surface area (Å²) in [6.45, 7) is 4.15. The van der Waals surface area contributed by atoms with Crippen LogP contribution in [0.4, 0.5) is 5.69 Å². The number of fused-ring (bicyclic) bond motifs is 3. The Hall–Kier alpha value is -1.97. The van der Waals surface area contributed by atoms with E-state index in [4.69, 9.17) is 0 Å². The minimum atomic E-state index is -0.0920. The third-order valence-corrected chi connectivity index (χ3v) is 6.59. The Morgan fingerprint density at radius 1 is 1.27 bits per heavy atom. The van der Waals surface area contributed by atoms with Crippen LogP contribution in [0, 0.1) is 13.8 Å². The first kappa shape index (κ1) is 17.4. The Kier molecular flexibility index (Phi) is 4.68. The van der Waals surface area contributed by atoms with Gasteiger partial charge in [-0.1, -0.05) is 27.7 Å². The molecule has 0 unspecified atom stereocenters. The lowest BCUT2D eigenvalue weighted by Crippen LogP contribution is -2.14. The Morgan fingerprint density at radius 2 is 2.04 bits per heavy atom. The SMILES string of the molecule is Cc1sc2ncn3c(SCC(=O)Nc4ccc(Br)cc4)nnc3c2c1C. The molecule has 0 aliphatic rings. The number of halogens is 1. The highest BCUT2D eigenvalue weighted by Gasteiger charge is 2.16. The summed E-state index contributed by atoms with van der Waals surface area (Å²) in [6.07, 6.45) is 1.72. The highest BCUT2D eigenvalue weighted by atomic mass is 79.9. The van der Waals surface area contributed by atoms with Gasteiger partial charge in [0, 0.05) is 15.0 Å². The summed E-state index contributed by atoms with van der Waals surface area (Å²) in [5.41, 5.74) is 2.73. The number of nitrogens with one attached hydrogen (secondary N) is 1. The number of anilines is 1. The molecule has 26 heavy (non-hydrogen) atoms. The fourth-order valence-corrected chi connectivity index (χ4v) is 4.54. The van der Waals surface area contributed by atoms with E-state index in [2.05, 4.69) is 50.3 Å². The predicted molar refractivity (Wildman–Crippen MR) is 109 cm³/mol. The van der Waals surface area contributed by atoms with E-state index in [1.807, 2.05) is 28.7 Å². The van der Waals surface area contributed by atoms with E-state index in [0.29, 0.717) is 5.16 Å². The Bertz CT molecular complexity index is 1120. The van der Waals surface area contributed by atoms with Crippen molar-refractivity contribution in [1.82, 2.24) is 19.6 Å². The number of aryl methyl sites for hydroxylation is 2. The predicted octanol–water partition coefficient (Wildman–Crippen LogP) is 4.45. The van der Waals surface area contributed by atoms with Crippen molar-refractivity contribution in [3.8, 4) is 0 Å². The minimum absolute atomic E-state index is 0.0920. The first-order valence-electron chi connectivity index (χ1n) is 7.80. The normalized spacial score (nSPS) is 11.3. The maximum atomic E-state index is 12.2. The lowest BCUT2D eigenvalue weighted by molar-refractivity contribution is -0.113. The lowest BCUT2D eigenvalue weighted by atomic mass is 10.2. The van der Waals surface area contributed by atoms with Gasteiger partial charge >= 0.3 is 0 Å². The average Bonchev–Trinajstić information content (AvgIpc) is 3.16. The smallest absolute Gasteiger partial charge is 0.234 e. The number of carbonyl (C=O) groups is 1. The molecule has 3 aromatic heterocycles. The van der Waals surface area contributed by atoms with Crippen molar-refractivity contribution < 1.29 is 4.79 Å². The number of carbonyl (C=O) groups excluding carboxylic acids is 1. The number of hydrogen-bond acceptors (Lipinski definition) is 6. The number of hydrogen-bond donors (Lipinski definition) is 1. The van der Waals surface area contributed by atoms with Gasteiger partial charge in [0.25, 0.3) is 0 Å². The Balaban J connectivity index is 1.53. The van der Waals surface area contributed by atoms with Crippen LogP contribution in [0.25, 0.3) is 15.9 Å². The number of rotatable bonds is 4. The molecule has 1 amide bonds. The van der Waals surface area contributed by atoms with E-state index in [-0.39, 0.29) is 11.7 Å². The number of thiophene rings is 1. The summed E-state index contributed by atoms with van der Waals surface area (Å²) in [7, 11) is 0. The van der Waals surface area contributed by atoms with Crippen LogP contribution in [0.5, 0.6) is 0 Å². The van der Waals surface area contributed by atoms with Crippen molar-refractivity contribution >= 4 is 66.5 Å². The molecule has 0 saturated heterocycles. The van der Waals surface area contributed by atoms with Gasteiger partial charge < -0.3 is 5.32 Å². The Morgan fingerprint density at radius 3 is 2.81 bits per heavy atom. The molecule has 0 spiro atoms. The molecule has 0 saturated carbocycles. The number of thioether (sulfide) groups is 1. The minimum Gasteiger partial charge on any atom is -0.325 e. The van der Waals surface area contributed by atoms with Crippen LogP contribution in [-0.2, 0) is 4.79 Å². The summed E-state index contributed by atoms with van der Waals surface area (Å²) in [5, 5.41) is 13.1. The fourth-order valence-electron chi connectivity index (χ4n) is 2.58. The van der Waals surface area contributed by atoms with Crippen LogP contribution in [0.15, 0.2) is 40.2 Å². The molecule has 4 rings (SSSR count). The van der Waals surface area contributed by atoms with Crippen LogP contribution < -0.4 is 5.32 Å². The van der Waals surface area contributed by atoms with Crippen molar-refractivity contribution in [3.05, 3.63) is 45.5 Å². The van der Waals surface area contributed by atoms with E-state index in [1.54, 1.807) is 17.7 Å². The summed E-state index contributed by atoms with van der Waals surface area (Å²) >= 11 is 6.37. The molecule has 0 bridgehead atoms. The lowest BCUT2D eigenvalue weighted by Gasteiger charge is -2.04. The maximum Gasteiger partial charge on any atom is 0.234 e. The van der Waals surface area contributed by atoms with Gasteiger partial charge in [0.05, 0.1) is 11.1 Å². The van der Waals surface area contributed by atoms with Gasteiger partial charge in [0.1, 0.15) is 11.2 Å². The number of nitrogens with zero attached hydrogens (tertiary/aromatic N) is 4. The quantitative estimate of drug-likeness (QED) is 0.467. The summed E-state index contributed by atoms with van der Waals surface area (Å²) in [6, 6.07) is 7.47. The molecule has 0 aliphatic carbocycles. The molecule has 1 N–H and O–H groups in total. The molecule has 6 nitrogen and oxygen atoms in total. The van der Waals surface area contributed by atoms with Crippen molar-refractivity contribution in [2.75, 3.05) is 11.1 Å². The zero-order valence-electron chi connectivity index (χ0n) is 14.0. The zero-order valence-corrected chi connectivity index (χ0v) is 17.2. The molecule has 4 aromatic rings. The van der Waals surface area contributed by atoms with E-state index < -0.39 is 0 Å². The molecule has 1 aromatic carbocycles. The number of amides is 1. The van der Waals surface area contributed by atoms with Crippen LogP contribution in [0.1, 0.15) is 10.4 Å². The Labute approximate surface area is 166 Å². The molecule has 0 radical (unpaired) electrons. The van der Waals surface area contributed by atoms with Gasteiger partial charge in [-0.15, -0.1) is 21.5 Å². The number of aromatic nitrogens is 4. The average molecular weight is 448 g/mol. The largest absolute Gasteiger partial charge is 0.325 e. The fraction of sp³-hybridized carbons (Fsp3) is 0.176. The molecular weight excluding hydrogens is 434 g/mol. The van der Waals surface area contributed by atoms with Crippen LogP contribution in [0.3, 0.4) is 0 Å². The molecule has 132 valence electrons. The van der Waals surface area contributed by atoms with E-state index in [0.717, 1.165) is 26.0 Å². The first-order chi connectivity index (χ1) is 12.5. The van der Waals surface area contributed by atoms with Gasteiger partial charge in [-0.2, -0.15) is 0 Å². The second kappa shape index (κ2) is 6.98. The molecule has 0 fully saturated rings. The molecule has 0 atom stereocenters. The summed E-state index contributed by atoms with van der Waals surface area (Å²) < 4.78 is 2.82. The van der Waals surface area contributed by atoms with Crippen LogP contribution >= 0.6 is 39.0 Å². The van der Waals surface area contributed by atoms with Crippen molar-refractivity contribution in [2.45, 2.75) is 19.0 Å². The zero-order chi connectivity index (χ0) is 18.3. The van der Waals surface area contributed by atoms with Gasteiger partial charge in [0.2, 0.25) is 5.91 Å². The topological polar surface area (TPSA) is 72.2 Å². The van der Waals surface area contributed by atoms with Crippen molar-refractivity contribution in [1.29, 1.82) is 0 Å². The molecular formula is C17H14BrN5OS2. The molecule has 0 aliphatic heterocycles. The second-order valence-electron chi connectivity index (χ2n) is 5.73. The maximum absolute atomic E-state index is 12.2. The van der Waals surface area contributed by atoms with Gasteiger partial charge in [0.15, 0.2) is 10.8 Å². The molecule has 9 heteroatoms. The van der Waals surface area contributed by atoms with Gasteiger partial charge in [-0.25, -0.2) is 4.98 Å². The van der Waals surface area contributed by atoms with Crippen molar-refractivity contribution in [2.24, 2.45) is 0 Å². The monoisotopic (exact) mass is 447 g/mol. The van der Waals surface area contributed by atoms with Gasteiger partial charge in [-0.05, 0) is 43.7 Å².